The summed E-state index contributed by atoms with van der Waals surface area (Å²) in [5.74, 6) is 1.01. The monoisotopic (exact) mass is 368 g/mol. The molecule has 1 aliphatic heterocycles. The Morgan fingerprint density at radius 1 is 1.18 bits per heavy atom. The number of nitrogens with zero attached hydrogens (tertiary/aromatic N) is 2. The number of ether oxygens (including phenoxy) is 1. The summed E-state index contributed by atoms with van der Waals surface area (Å²) in [6.07, 6.45) is 5.01. The van der Waals surface area contributed by atoms with Crippen LogP contribution in [-0.2, 0) is 4.79 Å². The second-order valence-electron chi connectivity index (χ2n) is 5.81. The average Bonchev–Trinajstić information content (AvgIpc) is 2.77. The molecule has 0 atom stereocenters. The van der Waals surface area contributed by atoms with Gasteiger partial charge in [0.25, 0.3) is 0 Å². The molecule has 0 N–H and O–H groups in total. The number of carbonyl (C=O) groups excluding carboxylic acids is 1. The van der Waals surface area contributed by atoms with Crippen molar-refractivity contribution in [2.75, 3.05) is 39.8 Å². The van der Waals surface area contributed by atoms with Gasteiger partial charge in [-0.2, -0.15) is 0 Å². The molecule has 122 valence electrons. The highest BCUT2D eigenvalue weighted by Gasteiger charge is 2.15. The molecule has 1 amide bonds. The number of hydrogen-bond donors (Lipinski definition) is 0. The van der Waals surface area contributed by atoms with Gasteiger partial charge in [0.2, 0.25) is 5.91 Å². The maximum absolute atomic E-state index is 12.2. The Morgan fingerprint density at radius 2 is 1.82 bits per heavy atom. The molecule has 1 fully saturated rings. The smallest absolute Gasteiger partial charge is 0.236 e. The highest BCUT2D eigenvalue weighted by atomic mass is 79.9. The zero-order valence-corrected chi connectivity index (χ0v) is 14.8. The molecule has 1 saturated heterocycles. The van der Waals surface area contributed by atoms with Gasteiger partial charge in [-0.15, -0.1) is 0 Å². The number of benzene rings is 1. The van der Waals surface area contributed by atoms with Crippen LogP contribution in [0.3, 0.4) is 0 Å². The van der Waals surface area contributed by atoms with E-state index in [-0.39, 0.29) is 5.91 Å². The molecular formula is C17H25BrN2O2. The lowest BCUT2D eigenvalue weighted by atomic mass is 10.2. The van der Waals surface area contributed by atoms with E-state index < -0.39 is 0 Å². The lowest BCUT2D eigenvalue weighted by molar-refractivity contribution is -0.131. The van der Waals surface area contributed by atoms with Crippen LogP contribution in [0.1, 0.15) is 25.7 Å². The number of likely N-dealkylation sites (tertiary alicyclic amines) is 1. The number of hydrogen-bond acceptors (Lipinski definition) is 3. The molecule has 5 heteroatoms. The minimum absolute atomic E-state index is 0.182. The van der Waals surface area contributed by atoms with Crippen LogP contribution in [0.5, 0.6) is 5.75 Å². The van der Waals surface area contributed by atoms with Crippen LogP contribution < -0.4 is 4.74 Å². The summed E-state index contributed by atoms with van der Waals surface area (Å²) in [6.45, 7) is 3.77. The van der Waals surface area contributed by atoms with E-state index in [0.717, 1.165) is 23.3 Å². The van der Waals surface area contributed by atoms with Gasteiger partial charge in [0, 0.05) is 11.5 Å². The lowest BCUT2D eigenvalue weighted by Gasteiger charge is -2.23. The predicted molar refractivity (Wildman–Crippen MR) is 92.2 cm³/mol. The summed E-state index contributed by atoms with van der Waals surface area (Å²) < 4.78 is 6.70. The Morgan fingerprint density at radius 3 is 2.45 bits per heavy atom. The van der Waals surface area contributed by atoms with Gasteiger partial charge in [-0.25, -0.2) is 0 Å². The summed E-state index contributed by atoms with van der Waals surface area (Å²) in [5, 5.41) is 0. The molecule has 1 heterocycles. The zero-order chi connectivity index (χ0) is 15.8. The van der Waals surface area contributed by atoms with E-state index in [1.165, 1.54) is 25.7 Å². The number of likely N-dealkylation sites (N-methyl/N-ethyl adjacent to an activating group) is 1. The molecule has 1 aromatic rings. The summed E-state index contributed by atoms with van der Waals surface area (Å²) in [6, 6.07) is 7.74. The van der Waals surface area contributed by atoms with Crippen LogP contribution in [0.15, 0.2) is 28.7 Å². The number of amides is 1. The van der Waals surface area contributed by atoms with Gasteiger partial charge in [0.1, 0.15) is 12.4 Å². The van der Waals surface area contributed by atoms with Crippen molar-refractivity contribution in [1.29, 1.82) is 0 Å². The summed E-state index contributed by atoms with van der Waals surface area (Å²) in [7, 11) is 1.85. The van der Waals surface area contributed by atoms with Crippen LogP contribution in [0.2, 0.25) is 0 Å². The molecule has 0 spiro atoms. The van der Waals surface area contributed by atoms with Crippen molar-refractivity contribution in [3.8, 4) is 5.75 Å². The topological polar surface area (TPSA) is 32.8 Å². The van der Waals surface area contributed by atoms with Gasteiger partial charge in [0.15, 0.2) is 0 Å². The fourth-order valence-corrected chi connectivity index (χ4v) is 2.83. The standard InChI is InChI=1S/C17H25BrN2O2/c1-19(12-13-22-16-8-6-15(18)7-9-16)17(21)14-20-10-4-2-3-5-11-20/h6-9H,2-5,10-14H2,1H3. The van der Waals surface area contributed by atoms with Crippen molar-refractivity contribution in [3.05, 3.63) is 28.7 Å². The normalized spacial score (nSPS) is 16.1. The van der Waals surface area contributed by atoms with E-state index in [1.807, 2.05) is 31.3 Å². The molecule has 4 nitrogen and oxygen atoms in total. The van der Waals surface area contributed by atoms with Gasteiger partial charge in [-0.3, -0.25) is 9.69 Å². The zero-order valence-electron chi connectivity index (χ0n) is 13.3. The number of carbonyl (C=O) groups is 1. The summed E-state index contributed by atoms with van der Waals surface area (Å²) in [5.41, 5.74) is 0. The third-order valence-electron chi connectivity index (χ3n) is 3.99. The molecule has 0 aromatic heterocycles. The lowest BCUT2D eigenvalue weighted by Crippen LogP contribution is -2.40. The molecule has 0 unspecified atom stereocenters. The second kappa shape index (κ2) is 9.16. The van der Waals surface area contributed by atoms with Gasteiger partial charge in [0.05, 0.1) is 13.1 Å². The van der Waals surface area contributed by atoms with E-state index >= 15 is 0 Å². The van der Waals surface area contributed by atoms with E-state index in [0.29, 0.717) is 19.7 Å². The average molecular weight is 369 g/mol. The van der Waals surface area contributed by atoms with Crippen LogP contribution >= 0.6 is 15.9 Å². The molecular weight excluding hydrogens is 344 g/mol. The van der Waals surface area contributed by atoms with Crippen molar-refractivity contribution in [1.82, 2.24) is 9.80 Å². The van der Waals surface area contributed by atoms with Gasteiger partial charge in [-0.1, -0.05) is 28.8 Å². The molecule has 2 rings (SSSR count). The molecule has 0 aliphatic carbocycles. The Bertz CT molecular complexity index is 456. The third-order valence-corrected chi connectivity index (χ3v) is 4.52. The summed E-state index contributed by atoms with van der Waals surface area (Å²) in [4.78, 5) is 16.3. The van der Waals surface area contributed by atoms with Crippen molar-refractivity contribution in [2.24, 2.45) is 0 Å². The quantitative estimate of drug-likeness (QED) is 0.772. The first-order valence-corrected chi connectivity index (χ1v) is 8.79. The van der Waals surface area contributed by atoms with Crippen LogP contribution in [0, 0.1) is 0 Å². The van der Waals surface area contributed by atoms with Gasteiger partial charge in [-0.05, 0) is 50.2 Å². The second-order valence-corrected chi connectivity index (χ2v) is 6.72. The van der Waals surface area contributed by atoms with E-state index in [4.69, 9.17) is 4.74 Å². The highest BCUT2D eigenvalue weighted by Crippen LogP contribution is 2.16. The molecule has 0 radical (unpaired) electrons. The van der Waals surface area contributed by atoms with E-state index in [9.17, 15) is 4.79 Å². The first-order chi connectivity index (χ1) is 10.6. The number of rotatable bonds is 6. The SMILES string of the molecule is CN(CCOc1ccc(Br)cc1)C(=O)CN1CCCCCC1. The molecule has 0 bridgehead atoms. The number of halogens is 1. The Balaban J connectivity index is 1.68. The van der Waals surface area contributed by atoms with Gasteiger partial charge >= 0.3 is 0 Å². The molecule has 22 heavy (non-hydrogen) atoms. The maximum Gasteiger partial charge on any atom is 0.236 e. The minimum Gasteiger partial charge on any atom is -0.492 e. The van der Waals surface area contributed by atoms with Crippen LogP contribution in [0.4, 0.5) is 0 Å². The van der Waals surface area contributed by atoms with E-state index in [2.05, 4.69) is 20.8 Å². The Labute approximate surface area is 141 Å². The molecule has 0 saturated carbocycles. The largest absolute Gasteiger partial charge is 0.492 e. The minimum atomic E-state index is 0.182. The summed E-state index contributed by atoms with van der Waals surface area (Å²) >= 11 is 3.40. The van der Waals surface area contributed by atoms with Crippen molar-refractivity contribution < 1.29 is 9.53 Å². The molecule has 1 aromatic carbocycles. The molecule has 1 aliphatic rings. The Hall–Kier alpha value is -1.07. The van der Waals surface area contributed by atoms with Crippen molar-refractivity contribution in [2.45, 2.75) is 25.7 Å². The fourth-order valence-electron chi connectivity index (χ4n) is 2.56. The van der Waals surface area contributed by atoms with Gasteiger partial charge < -0.3 is 9.64 Å². The maximum atomic E-state index is 12.2. The van der Waals surface area contributed by atoms with Crippen molar-refractivity contribution in [3.63, 3.8) is 0 Å². The first-order valence-electron chi connectivity index (χ1n) is 8.00. The fraction of sp³-hybridized carbons (Fsp3) is 0.588. The first kappa shape index (κ1) is 17.3. The highest BCUT2D eigenvalue weighted by molar-refractivity contribution is 9.10. The van der Waals surface area contributed by atoms with Crippen LogP contribution in [-0.4, -0.2) is 55.5 Å². The Kier molecular flexibility index (Phi) is 7.19. The van der Waals surface area contributed by atoms with E-state index in [1.54, 1.807) is 4.90 Å². The van der Waals surface area contributed by atoms with Crippen molar-refractivity contribution >= 4 is 21.8 Å². The predicted octanol–water partition coefficient (Wildman–Crippen LogP) is 3.16. The van der Waals surface area contributed by atoms with Crippen LogP contribution in [0.25, 0.3) is 0 Å². The third kappa shape index (κ3) is 5.97.